The highest BCUT2D eigenvalue weighted by Crippen LogP contribution is 2.32. The van der Waals surface area contributed by atoms with E-state index in [0.29, 0.717) is 28.7 Å². The van der Waals surface area contributed by atoms with Crippen LogP contribution in [0.25, 0.3) is 11.3 Å². The maximum absolute atomic E-state index is 15.4. The molecule has 162 valence electrons. The fourth-order valence-electron chi connectivity index (χ4n) is 4.06. The number of aryl methyl sites for hydroxylation is 1. The quantitative estimate of drug-likeness (QED) is 0.660. The Hall–Kier alpha value is -2.97. The second-order valence-electron chi connectivity index (χ2n) is 8.02. The highest BCUT2D eigenvalue weighted by atomic mass is 19.1. The van der Waals surface area contributed by atoms with Crippen molar-refractivity contribution in [3.8, 4) is 11.3 Å². The van der Waals surface area contributed by atoms with Crippen LogP contribution in [0.15, 0.2) is 47.0 Å². The lowest BCUT2D eigenvalue weighted by Crippen LogP contribution is -2.56. The number of anilines is 3. The van der Waals surface area contributed by atoms with Gasteiger partial charge in [-0.15, -0.1) is 0 Å². The normalized spacial score (nSPS) is 17.6. The number of halogens is 2. The lowest BCUT2D eigenvalue weighted by Gasteiger charge is -2.43. The number of nitrogens with one attached hydrogen (secondary N) is 1. The third-order valence-electron chi connectivity index (χ3n) is 5.85. The molecule has 0 bridgehead atoms. The molecule has 0 atom stereocenters. The zero-order chi connectivity index (χ0) is 21.4. The van der Waals surface area contributed by atoms with Crippen molar-refractivity contribution in [3.63, 3.8) is 0 Å². The number of hydrogen-bond acceptors (Lipinski definition) is 6. The predicted octanol–water partition coefficient (Wildman–Crippen LogP) is 4.19. The van der Waals surface area contributed by atoms with Gasteiger partial charge in [-0.25, -0.2) is 13.8 Å². The van der Waals surface area contributed by atoms with Crippen molar-refractivity contribution in [2.24, 2.45) is 0 Å². The molecule has 2 saturated heterocycles. The molecule has 2 fully saturated rings. The molecule has 0 amide bonds. The molecule has 2 aliphatic heterocycles. The van der Waals surface area contributed by atoms with Crippen LogP contribution in [0, 0.1) is 18.6 Å². The second-order valence-corrected chi connectivity index (χ2v) is 8.02. The first-order chi connectivity index (χ1) is 15.1. The molecular weight excluding hydrogens is 402 g/mol. The van der Waals surface area contributed by atoms with E-state index >= 15 is 4.39 Å². The summed E-state index contributed by atoms with van der Waals surface area (Å²) in [6.45, 7) is 6.82. The van der Waals surface area contributed by atoms with Crippen molar-refractivity contribution in [3.05, 3.63) is 59.8 Å². The standard InChI is InChI=1S/C23H24F2N4O2/c1-15-9-19(27-23-26-12-21(31-23)16-3-2-4-17(24)11-16)22(25)20(10-15)29-7-5-28(6-8-29)18-13-30-14-18/h2-4,9-12,18H,5-8,13-14H2,1H3,(H,26,27). The van der Waals surface area contributed by atoms with Gasteiger partial charge in [0, 0.05) is 31.7 Å². The van der Waals surface area contributed by atoms with E-state index in [1.807, 2.05) is 13.0 Å². The van der Waals surface area contributed by atoms with Crippen LogP contribution < -0.4 is 10.2 Å². The van der Waals surface area contributed by atoms with Gasteiger partial charge in [-0.05, 0) is 36.8 Å². The van der Waals surface area contributed by atoms with Gasteiger partial charge in [0.1, 0.15) is 5.82 Å². The lowest BCUT2D eigenvalue weighted by atomic mass is 10.1. The van der Waals surface area contributed by atoms with E-state index in [2.05, 4.69) is 20.1 Å². The molecule has 2 aliphatic rings. The number of hydrogen-bond donors (Lipinski definition) is 1. The van der Waals surface area contributed by atoms with Crippen LogP contribution in [0.2, 0.25) is 0 Å². The molecule has 0 saturated carbocycles. The first-order valence-corrected chi connectivity index (χ1v) is 10.4. The fourth-order valence-corrected chi connectivity index (χ4v) is 4.06. The summed E-state index contributed by atoms with van der Waals surface area (Å²) in [7, 11) is 0. The van der Waals surface area contributed by atoms with E-state index in [0.717, 1.165) is 45.0 Å². The van der Waals surface area contributed by atoms with E-state index in [4.69, 9.17) is 9.15 Å². The first-order valence-electron chi connectivity index (χ1n) is 10.4. The fraction of sp³-hybridized carbons (Fsp3) is 0.348. The molecule has 31 heavy (non-hydrogen) atoms. The Kier molecular flexibility index (Phi) is 5.33. The van der Waals surface area contributed by atoms with Crippen LogP contribution in [0.1, 0.15) is 5.56 Å². The SMILES string of the molecule is Cc1cc(Nc2ncc(-c3cccc(F)c3)o2)c(F)c(N2CCN(C3COC3)CC2)c1. The zero-order valence-electron chi connectivity index (χ0n) is 17.3. The number of benzene rings is 2. The van der Waals surface area contributed by atoms with E-state index in [1.165, 1.54) is 18.3 Å². The van der Waals surface area contributed by atoms with Crippen molar-refractivity contribution in [1.82, 2.24) is 9.88 Å². The van der Waals surface area contributed by atoms with Crippen molar-refractivity contribution in [2.45, 2.75) is 13.0 Å². The van der Waals surface area contributed by atoms with Gasteiger partial charge in [0.15, 0.2) is 11.6 Å². The Morgan fingerprint density at radius 2 is 1.87 bits per heavy atom. The van der Waals surface area contributed by atoms with E-state index in [9.17, 15) is 4.39 Å². The molecule has 2 aromatic carbocycles. The molecule has 1 aromatic heterocycles. The van der Waals surface area contributed by atoms with Crippen molar-refractivity contribution in [2.75, 3.05) is 49.6 Å². The predicted molar refractivity (Wildman–Crippen MR) is 115 cm³/mol. The zero-order valence-corrected chi connectivity index (χ0v) is 17.3. The topological polar surface area (TPSA) is 53.8 Å². The minimum atomic E-state index is -0.359. The maximum Gasteiger partial charge on any atom is 0.299 e. The molecule has 0 spiro atoms. The van der Waals surface area contributed by atoms with Crippen LogP contribution >= 0.6 is 0 Å². The van der Waals surface area contributed by atoms with Crippen LogP contribution in [0.5, 0.6) is 0 Å². The van der Waals surface area contributed by atoms with Gasteiger partial charge in [-0.1, -0.05) is 12.1 Å². The Bertz CT molecular complexity index is 1080. The minimum Gasteiger partial charge on any atom is -0.423 e. The van der Waals surface area contributed by atoms with E-state index < -0.39 is 0 Å². The number of aromatic nitrogens is 1. The number of ether oxygens (including phenoxy) is 1. The van der Waals surface area contributed by atoms with Crippen LogP contribution in [0.4, 0.5) is 26.2 Å². The summed E-state index contributed by atoms with van der Waals surface area (Å²) in [5, 5.41) is 2.94. The van der Waals surface area contributed by atoms with Crippen LogP contribution in [0.3, 0.4) is 0 Å². The van der Waals surface area contributed by atoms with Crippen molar-refractivity contribution in [1.29, 1.82) is 0 Å². The maximum atomic E-state index is 15.4. The Balaban J connectivity index is 1.33. The molecule has 3 aromatic rings. The Morgan fingerprint density at radius 3 is 2.58 bits per heavy atom. The largest absolute Gasteiger partial charge is 0.423 e. The van der Waals surface area contributed by atoms with Gasteiger partial charge in [0.2, 0.25) is 0 Å². The van der Waals surface area contributed by atoms with Crippen molar-refractivity contribution >= 4 is 17.4 Å². The molecule has 5 rings (SSSR count). The Morgan fingerprint density at radius 1 is 1.06 bits per heavy atom. The van der Waals surface area contributed by atoms with E-state index in [-0.39, 0.29) is 17.6 Å². The van der Waals surface area contributed by atoms with E-state index in [1.54, 1.807) is 18.2 Å². The Labute approximate surface area is 179 Å². The number of rotatable bonds is 5. The summed E-state index contributed by atoms with van der Waals surface area (Å²) in [4.78, 5) is 8.67. The third-order valence-corrected chi connectivity index (χ3v) is 5.85. The monoisotopic (exact) mass is 426 g/mol. The summed E-state index contributed by atoms with van der Waals surface area (Å²) in [6, 6.07) is 10.3. The molecule has 0 radical (unpaired) electrons. The molecule has 1 N–H and O–H groups in total. The van der Waals surface area contributed by atoms with Gasteiger partial charge < -0.3 is 19.4 Å². The summed E-state index contributed by atoms with van der Waals surface area (Å²) in [6.07, 6.45) is 1.50. The summed E-state index contributed by atoms with van der Waals surface area (Å²) < 4.78 is 39.8. The highest BCUT2D eigenvalue weighted by Gasteiger charge is 2.30. The van der Waals surface area contributed by atoms with Crippen LogP contribution in [-0.2, 0) is 4.74 Å². The number of nitrogens with zero attached hydrogens (tertiary/aromatic N) is 3. The molecule has 0 unspecified atom stereocenters. The second kappa shape index (κ2) is 8.28. The molecule has 8 heteroatoms. The number of piperazine rings is 1. The average Bonchev–Trinajstić information content (AvgIpc) is 3.18. The minimum absolute atomic E-state index is 0.157. The highest BCUT2D eigenvalue weighted by molar-refractivity contribution is 5.66. The third kappa shape index (κ3) is 4.13. The smallest absolute Gasteiger partial charge is 0.299 e. The molecular formula is C23H24F2N4O2. The van der Waals surface area contributed by atoms with Crippen molar-refractivity contribution < 1.29 is 17.9 Å². The number of oxazole rings is 1. The first kappa shape index (κ1) is 20.0. The van der Waals surface area contributed by atoms with Gasteiger partial charge in [-0.2, -0.15) is 0 Å². The van der Waals surface area contributed by atoms with Gasteiger partial charge in [0.25, 0.3) is 6.01 Å². The van der Waals surface area contributed by atoms with Gasteiger partial charge >= 0.3 is 0 Å². The molecule has 0 aliphatic carbocycles. The molecule has 6 nitrogen and oxygen atoms in total. The summed E-state index contributed by atoms with van der Waals surface area (Å²) in [5.74, 6) is -0.286. The molecule has 3 heterocycles. The van der Waals surface area contributed by atoms with Gasteiger partial charge in [-0.3, -0.25) is 4.90 Å². The van der Waals surface area contributed by atoms with Gasteiger partial charge in [0.05, 0.1) is 36.8 Å². The lowest BCUT2D eigenvalue weighted by molar-refractivity contribution is -0.0660. The summed E-state index contributed by atoms with van der Waals surface area (Å²) in [5.41, 5.74) is 2.38. The summed E-state index contributed by atoms with van der Waals surface area (Å²) >= 11 is 0. The average molecular weight is 426 g/mol. The van der Waals surface area contributed by atoms with Crippen LogP contribution in [-0.4, -0.2) is 55.3 Å².